The number of carboxylic acids is 1. The van der Waals surface area contributed by atoms with Crippen molar-refractivity contribution in [1.82, 2.24) is 10.3 Å². The van der Waals surface area contributed by atoms with Gasteiger partial charge >= 0.3 is 5.97 Å². The quantitative estimate of drug-likeness (QED) is 0.757. The summed E-state index contributed by atoms with van der Waals surface area (Å²) in [4.78, 5) is 25.7. The van der Waals surface area contributed by atoms with Crippen LogP contribution in [-0.4, -0.2) is 33.8 Å². The molecule has 1 amide bonds. The van der Waals surface area contributed by atoms with E-state index in [1.165, 1.54) is 18.7 Å². The van der Waals surface area contributed by atoms with Crippen LogP contribution in [0.2, 0.25) is 0 Å². The third kappa shape index (κ3) is 4.43. The number of amides is 1. The Bertz CT molecular complexity index is 499. The van der Waals surface area contributed by atoms with E-state index in [0.717, 1.165) is 0 Å². The molecule has 1 rings (SSSR count). The molecule has 2 N–H and O–H groups in total. The Morgan fingerprint density at radius 2 is 2.33 bits per heavy atom. The Morgan fingerprint density at radius 1 is 1.61 bits per heavy atom. The number of carbonyl (C=O) groups excluding carboxylic acids is 1. The largest absolute Gasteiger partial charge is 0.480 e. The molecular formula is C11H11N3O3S. The van der Waals surface area contributed by atoms with Crippen molar-refractivity contribution < 1.29 is 14.7 Å². The van der Waals surface area contributed by atoms with Gasteiger partial charge in [0.2, 0.25) is 5.91 Å². The average molecular weight is 265 g/mol. The topological polar surface area (TPSA) is 103 Å². The number of nitrogens with zero attached hydrogens (tertiary/aromatic N) is 2. The summed E-state index contributed by atoms with van der Waals surface area (Å²) in [6.07, 6.45) is 0. The number of hydrogen-bond donors (Lipinski definition) is 2. The molecule has 1 atom stereocenters. The standard InChI is InChI=1S/C11H11N3O3S/c1-7(15)13-9(11(16)17)6-18-10-4-2-3-8(5-12)14-10/h2-4,9H,6H2,1H3,(H,13,15)(H,16,17)/t9-/m0/s1. The lowest BCUT2D eigenvalue weighted by molar-refractivity contribution is -0.140. The van der Waals surface area contributed by atoms with Gasteiger partial charge in [-0.15, -0.1) is 11.8 Å². The van der Waals surface area contributed by atoms with Crippen LogP contribution >= 0.6 is 11.8 Å². The van der Waals surface area contributed by atoms with Crippen LogP contribution in [0.15, 0.2) is 23.2 Å². The highest BCUT2D eigenvalue weighted by Gasteiger charge is 2.18. The predicted molar refractivity (Wildman–Crippen MR) is 64.9 cm³/mol. The van der Waals surface area contributed by atoms with E-state index in [-0.39, 0.29) is 11.4 Å². The first-order valence-electron chi connectivity index (χ1n) is 5.03. The molecule has 94 valence electrons. The summed E-state index contributed by atoms with van der Waals surface area (Å²) < 4.78 is 0. The minimum absolute atomic E-state index is 0.150. The molecule has 18 heavy (non-hydrogen) atoms. The van der Waals surface area contributed by atoms with Crippen LogP contribution in [0.25, 0.3) is 0 Å². The fourth-order valence-electron chi connectivity index (χ4n) is 1.15. The Kier molecular flexibility index (Phi) is 5.14. The maximum Gasteiger partial charge on any atom is 0.327 e. The van der Waals surface area contributed by atoms with E-state index in [4.69, 9.17) is 10.4 Å². The molecule has 7 heteroatoms. The van der Waals surface area contributed by atoms with E-state index < -0.39 is 17.9 Å². The molecule has 0 fully saturated rings. The number of nitrogens with one attached hydrogen (secondary N) is 1. The lowest BCUT2D eigenvalue weighted by atomic mass is 10.3. The van der Waals surface area contributed by atoms with Gasteiger partial charge in [0, 0.05) is 12.7 Å². The molecule has 0 saturated heterocycles. The van der Waals surface area contributed by atoms with Gasteiger partial charge in [-0.3, -0.25) is 4.79 Å². The Hall–Kier alpha value is -2.07. The normalized spacial score (nSPS) is 11.3. The second-order valence-corrected chi connectivity index (χ2v) is 4.42. The number of pyridine rings is 1. The van der Waals surface area contributed by atoms with Crippen LogP contribution in [0.1, 0.15) is 12.6 Å². The first kappa shape index (κ1) is 14.0. The highest BCUT2D eigenvalue weighted by molar-refractivity contribution is 7.99. The number of aromatic nitrogens is 1. The molecule has 0 saturated carbocycles. The number of carbonyl (C=O) groups is 2. The molecule has 1 aromatic rings. The minimum Gasteiger partial charge on any atom is -0.480 e. The number of thioether (sulfide) groups is 1. The van der Waals surface area contributed by atoms with Crippen LogP contribution in [-0.2, 0) is 9.59 Å². The highest BCUT2D eigenvalue weighted by Crippen LogP contribution is 2.16. The molecule has 0 aliphatic carbocycles. The zero-order valence-electron chi connectivity index (χ0n) is 9.58. The predicted octanol–water partition coefficient (Wildman–Crippen LogP) is 0.635. The number of carboxylic acid groups (broad SMARTS) is 1. The summed E-state index contributed by atoms with van der Waals surface area (Å²) in [7, 11) is 0. The molecule has 0 aliphatic rings. The van der Waals surface area contributed by atoms with Gasteiger partial charge < -0.3 is 10.4 Å². The maximum atomic E-state index is 10.9. The van der Waals surface area contributed by atoms with Gasteiger partial charge in [-0.05, 0) is 12.1 Å². The highest BCUT2D eigenvalue weighted by atomic mass is 32.2. The van der Waals surface area contributed by atoms with E-state index >= 15 is 0 Å². The molecular weight excluding hydrogens is 254 g/mol. The van der Waals surface area contributed by atoms with E-state index in [1.54, 1.807) is 18.2 Å². The van der Waals surface area contributed by atoms with Crippen LogP contribution in [0.4, 0.5) is 0 Å². The van der Waals surface area contributed by atoms with Crippen molar-refractivity contribution in [3.05, 3.63) is 23.9 Å². The second-order valence-electron chi connectivity index (χ2n) is 3.38. The van der Waals surface area contributed by atoms with Gasteiger partial charge in [0.25, 0.3) is 0 Å². The van der Waals surface area contributed by atoms with E-state index in [0.29, 0.717) is 5.03 Å². The van der Waals surface area contributed by atoms with Crippen molar-refractivity contribution in [1.29, 1.82) is 5.26 Å². The van der Waals surface area contributed by atoms with Gasteiger partial charge in [0.1, 0.15) is 17.8 Å². The van der Waals surface area contributed by atoms with Gasteiger partial charge in [0.05, 0.1) is 5.03 Å². The summed E-state index contributed by atoms with van der Waals surface area (Å²) in [5, 5.41) is 20.4. The first-order chi connectivity index (χ1) is 8.52. The van der Waals surface area contributed by atoms with Crippen LogP contribution < -0.4 is 5.32 Å². The molecule has 0 unspecified atom stereocenters. The summed E-state index contributed by atoms with van der Waals surface area (Å²) in [5.74, 6) is -1.35. The number of rotatable bonds is 5. The average Bonchev–Trinajstić information content (AvgIpc) is 2.34. The zero-order valence-corrected chi connectivity index (χ0v) is 10.4. The van der Waals surface area contributed by atoms with Crippen molar-refractivity contribution in [2.24, 2.45) is 0 Å². The minimum atomic E-state index is -1.10. The monoisotopic (exact) mass is 265 g/mol. The summed E-state index contributed by atoms with van der Waals surface area (Å²) in [6, 6.07) is 5.84. The fourth-order valence-corrected chi connectivity index (χ4v) is 2.05. The van der Waals surface area contributed by atoms with Crippen LogP contribution in [0.5, 0.6) is 0 Å². The summed E-state index contributed by atoms with van der Waals surface area (Å²) in [6.45, 7) is 1.26. The number of aliphatic carboxylic acids is 1. The molecule has 1 aromatic heterocycles. The van der Waals surface area contributed by atoms with Crippen LogP contribution in [0.3, 0.4) is 0 Å². The van der Waals surface area contributed by atoms with Gasteiger partial charge in [-0.1, -0.05) is 6.07 Å². The van der Waals surface area contributed by atoms with Gasteiger partial charge in [-0.25, -0.2) is 9.78 Å². The molecule has 0 radical (unpaired) electrons. The molecule has 0 aliphatic heterocycles. The van der Waals surface area contributed by atoms with E-state index in [9.17, 15) is 9.59 Å². The Morgan fingerprint density at radius 3 is 2.89 bits per heavy atom. The SMILES string of the molecule is CC(=O)N[C@@H](CSc1cccc(C#N)n1)C(=O)O. The van der Waals surface area contributed by atoms with Crippen molar-refractivity contribution >= 4 is 23.6 Å². The maximum absolute atomic E-state index is 10.9. The lowest BCUT2D eigenvalue weighted by Crippen LogP contribution is -2.41. The van der Waals surface area contributed by atoms with Gasteiger partial charge in [-0.2, -0.15) is 5.26 Å². The van der Waals surface area contributed by atoms with Crippen molar-refractivity contribution in [2.45, 2.75) is 18.0 Å². The molecule has 0 aromatic carbocycles. The third-order valence-corrected chi connectivity index (χ3v) is 2.93. The smallest absolute Gasteiger partial charge is 0.327 e. The summed E-state index contributed by atoms with van der Waals surface area (Å²) in [5.41, 5.74) is 0.270. The number of nitriles is 1. The molecule has 1 heterocycles. The Labute approximate surface area is 108 Å². The molecule has 0 bridgehead atoms. The Balaban J connectivity index is 2.64. The third-order valence-electron chi connectivity index (χ3n) is 1.91. The van der Waals surface area contributed by atoms with E-state index in [1.807, 2.05) is 6.07 Å². The second kappa shape index (κ2) is 6.61. The number of hydrogen-bond acceptors (Lipinski definition) is 5. The van der Waals surface area contributed by atoms with Crippen molar-refractivity contribution in [3.8, 4) is 6.07 Å². The van der Waals surface area contributed by atoms with Gasteiger partial charge in [0.15, 0.2) is 0 Å². The van der Waals surface area contributed by atoms with Crippen molar-refractivity contribution in [3.63, 3.8) is 0 Å². The fraction of sp³-hybridized carbons (Fsp3) is 0.273. The van der Waals surface area contributed by atoms with E-state index in [2.05, 4.69) is 10.3 Å². The lowest BCUT2D eigenvalue weighted by Gasteiger charge is -2.12. The molecule has 0 spiro atoms. The first-order valence-corrected chi connectivity index (χ1v) is 6.01. The van der Waals surface area contributed by atoms with Crippen LogP contribution in [0, 0.1) is 11.3 Å². The van der Waals surface area contributed by atoms with Crippen molar-refractivity contribution in [2.75, 3.05) is 5.75 Å². The molecule has 6 nitrogen and oxygen atoms in total. The summed E-state index contributed by atoms with van der Waals surface area (Å²) >= 11 is 1.17. The zero-order chi connectivity index (χ0) is 13.5.